The van der Waals surface area contributed by atoms with Crippen molar-refractivity contribution in [3.8, 4) is 0 Å². The van der Waals surface area contributed by atoms with Crippen molar-refractivity contribution in [3.63, 3.8) is 0 Å². The molecule has 3 aromatic rings. The zero-order valence-corrected chi connectivity index (χ0v) is 24.6. The van der Waals surface area contributed by atoms with E-state index in [9.17, 15) is 27.6 Å². The largest absolute Gasteiger partial charge is 0.444 e. The number of carbonyl (C=O) groups excluding carboxylic acids is 3. The topological polar surface area (TPSA) is 84.7 Å². The number of benzene rings is 2. The fraction of sp³-hybridized carbons (Fsp3) is 0.379. The summed E-state index contributed by atoms with van der Waals surface area (Å²) in [7, 11) is 0. The quantitative estimate of drug-likeness (QED) is 0.281. The first kappa shape index (κ1) is 30.0. The highest BCUT2D eigenvalue weighted by Crippen LogP contribution is 2.36. The third-order valence-electron chi connectivity index (χ3n) is 6.93. The SMILES string of the molecule is CC(C)(C)OC(=O)N1CCC[C@@H]1CN1C(=O)S/C(=C\c2ccc3c(cnn3Cc3ccc(Cl)cc3C(F)(F)F)c2)C1=O. The van der Waals surface area contributed by atoms with Gasteiger partial charge < -0.3 is 9.64 Å². The number of carbonyl (C=O) groups is 3. The molecule has 0 aliphatic carbocycles. The van der Waals surface area contributed by atoms with Crippen LogP contribution in [-0.4, -0.2) is 61.6 Å². The molecule has 2 aliphatic rings. The molecule has 42 heavy (non-hydrogen) atoms. The zero-order chi connectivity index (χ0) is 30.4. The van der Waals surface area contributed by atoms with Gasteiger partial charge in [0, 0.05) is 17.0 Å². The van der Waals surface area contributed by atoms with Gasteiger partial charge in [0.25, 0.3) is 11.1 Å². The fourth-order valence-corrected chi connectivity index (χ4v) is 6.06. The fourth-order valence-electron chi connectivity index (χ4n) is 5.04. The van der Waals surface area contributed by atoms with E-state index in [4.69, 9.17) is 16.3 Å². The Morgan fingerprint density at radius 1 is 1.17 bits per heavy atom. The first-order valence-electron chi connectivity index (χ1n) is 13.3. The number of halogens is 4. The summed E-state index contributed by atoms with van der Waals surface area (Å²) in [4.78, 5) is 41.6. The lowest BCUT2D eigenvalue weighted by Gasteiger charge is -2.30. The second-order valence-corrected chi connectivity index (χ2v) is 12.6. The van der Waals surface area contributed by atoms with Gasteiger partial charge in [0.1, 0.15) is 5.60 Å². The molecule has 2 saturated heterocycles. The molecule has 0 spiro atoms. The van der Waals surface area contributed by atoms with E-state index in [1.807, 2.05) is 0 Å². The Morgan fingerprint density at radius 2 is 1.93 bits per heavy atom. The van der Waals surface area contributed by atoms with Crippen molar-refractivity contribution in [3.05, 3.63) is 69.2 Å². The highest BCUT2D eigenvalue weighted by Gasteiger charge is 2.40. The lowest BCUT2D eigenvalue weighted by atomic mass is 10.1. The van der Waals surface area contributed by atoms with Gasteiger partial charge in [-0.2, -0.15) is 18.3 Å². The Morgan fingerprint density at radius 3 is 2.64 bits per heavy atom. The first-order valence-corrected chi connectivity index (χ1v) is 14.5. The molecule has 8 nitrogen and oxygen atoms in total. The van der Waals surface area contributed by atoms with E-state index >= 15 is 0 Å². The number of fused-ring (bicyclic) bond motifs is 1. The van der Waals surface area contributed by atoms with E-state index in [1.54, 1.807) is 49.9 Å². The lowest BCUT2D eigenvalue weighted by molar-refractivity contribution is -0.138. The summed E-state index contributed by atoms with van der Waals surface area (Å²) in [5, 5.41) is 4.50. The van der Waals surface area contributed by atoms with Gasteiger partial charge in [-0.1, -0.05) is 23.7 Å². The van der Waals surface area contributed by atoms with Crippen LogP contribution in [0, 0.1) is 0 Å². The predicted octanol–water partition coefficient (Wildman–Crippen LogP) is 7.19. The summed E-state index contributed by atoms with van der Waals surface area (Å²) in [6, 6.07) is 8.48. The summed E-state index contributed by atoms with van der Waals surface area (Å²) in [6.07, 6.45) is -0.492. The van der Waals surface area contributed by atoms with Crippen LogP contribution in [0.3, 0.4) is 0 Å². The van der Waals surface area contributed by atoms with Gasteiger partial charge in [0.15, 0.2) is 0 Å². The number of aromatic nitrogens is 2. The number of likely N-dealkylation sites (tertiary alicyclic amines) is 1. The van der Waals surface area contributed by atoms with E-state index in [2.05, 4.69) is 5.10 Å². The molecule has 3 amide bonds. The van der Waals surface area contributed by atoms with Crippen molar-refractivity contribution in [1.82, 2.24) is 19.6 Å². The number of nitrogens with zero attached hydrogens (tertiary/aromatic N) is 4. The Hall–Kier alpha value is -3.51. The predicted molar refractivity (Wildman–Crippen MR) is 154 cm³/mol. The molecule has 5 rings (SSSR count). The Kier molecular flexibility index (Phi) is 8.06. The normalized spacial score (nSPS) is 19.0. The van der Waals surface area contributed by atoms with Gasteiger partial charge in [-0.3, -0.25) is 19.2 Å². The zero-order valence-electron chi connectivity index (χ0n) is 23.1. The molecule has 2 aliphatic heterocycles. The van der Waals surface area contributed by atoms with Gasteiger partial charge in [0.05, 0.1) is 41.3 Å². The van der Waals surface area contributed by atoms with Gasteiger partial charge in [-0.25, -0.2) is 4.79 Å². The molecule has 0 bridgehead atoms. The molecule has 13 heteroatoms. The van der Waals surface area contributed by atoms with Gasteiger partial charge in [0.2, 0.25) is 0 Å². The van der Waals surface area contributed by atoms with Crippen LogP contribution in [0.15, 0.2) is 47.5 Å². The Labute approximate surface area is 249 Å². The van der Waals surface area contributed by atoms with Crippen LogP contribution in [0.4, 0.5) is 22.8 Å². The maximum Gasteiger partial charge on any atom is 0.416 e. The molecule has 222 valence electrons. The van der Waals surface area contributed by atoms with Gasteiger partial charge >= 0.3 is 12.3 Å². The summed E-state index contributed by atoms with van der Waals surface area (Å²) in [5.74, 6) is -0.445. The third-order valence-corrected chi connectivity index (χ3v) is 8.08. The number of hydrogen-bond acceptors (Lipinski definition) is 6. The van der Waals surface area contributed by atoms with Crippen molar-refractivity contribution in [1.29, 1.82) is 0 Å². The van der Waals surface area contributed by atoms with Crippen molar-refractivity contribution >= 4 is 57.6 Å². The monoisotopic (exact) mass is 620 g/mol. The molecule has 0 N–H and O–H groups in total. The summed E-state index contributed by atoms with van der Waals surface area (Å²) in [6.45, 7) is 5.80. The maximum atomic E-state index is 13.6. The van der Waals surface area contributed by atoms with E-state index in [-0.39, 0.29) is 34.6 Å². The van der Waals surface area contributed by atoms with Crippen LogP contribution in [-0.2, 0) is 22.3 Å². The second-order valence-electron chi connectivity index (χ2n) is 11.2. The van der Waals surface area contributed by atoms with Crippen molar-refractivity contribution in [2.75, 3.05) is 13.1 Å². The minimum absolute atomic E-state index is 0.00550. The maximum absolute atomic E-state index is 13.6. The van der Waals surface area contributed by atoms with Crippen molar-refractivity contribution in [2.45, 2.75) is 58.0 Å². The standard InChI is InChI=1S/C29H28ClF3N4O4S/c1-28(2,3)41-26(39)35-10-4-5-21(35)16-36-25(38)24(42-27(36)40)12-17-6-9-23-19(11-17)14-34-37(23)15-18-7-8-20(30)13-22(18)29(31,32)33/h6-9,11-14,21H,4-5,10,15-16H2,1-3H3/b24-12-/t21-/m1/s1. The molecule has 0 radical (unpaired) electrons. The molecule has 0 unspecified atom stereocenters. The van der Waals surface area contributed by atoms with Crippen LogP contribution in [0.5, 0.6) is 0 Å². The van der Waals surface area contributed by atoms with Crippen LogP contribution in [0.2, 0.25) is 5.02 Å². The number of thioether (sulfide) groups is 1. The minimum Gasteiger partial charge on any atom is -0.444 e. The van der Waals surface area contributed by atoms with Crippen LogP contribution < -0.4 is 0 Å². The van der Waals surface area contributed by atoms with E-state index in [0.717, 1.165) is 29.1 Å². The number of hydrogen-bond donors (Lipinski definition) is 0. The number of ether oxygens (including phenoxy) is 1. The lowest BCUT2D eigenvalue weighted by Crippen LogP contribution is -2.46. The third kappa shape index (κ3) is 6.44. The molecule has 0 saturated carbocycles. The summed E-state index contributed by atoms with van der Waals surface area (Å²) < 4.78 is 47.6. The molecular weight excluding hydrogens is 593 g/mol. The average Bonchev–Trinajstić information content (AvgIpc) is 3.58. The van der Waals surface area contributed by atoms with E-state index in [1.165, 1.54) is 23.0 Å². The second kappa shape index (κ2) is 11.3. The highest BCUT2D eigenvalue weighted by molar-refractivity contribution is 8.18. The van der Waals surface area contributed by atoms with E-state index < -0.39 is 34.6 Å². The summed E-state index contributed by atoms with van der Waals surface area (Å²) >= 11 is 6.62. The molecule has 1 atom stereocenters. The van der Waals surface area contributed by atoms with E-state index in [0.29, 0.717) is 29.4 Å². The molecular formula is C29H28ClF3N4O4S. The Balaban J connectivity index is 1.31. The van der Waals surface area contributed by atoms with Crippen molar-refractivity contribution in [2.24, 2.45) is 0 Å². The molecule has 2 aromatic carbocycles. The molecule has 3 heterocycles. The number of amides is 3. The van der Waals surface area contributed by atoms with Crippen LogP contribution >= 0.6 is 23.4 Å². The van der Waals surface area contributed by atoms with Crippen molar-refractivity contribution < 1.29 is 32.3 Å². The smallest absolute Gasteiger partial charge is 0.416 e. The minimum atomic E-state index is -4.56. The number of alkyl halides is 3. The van der Waals surface area contributed by atoms with Gasteiger partial charge in [-0.05, 0) is 86.8 Å². The van der Waals surface area contributed by atoms with Crippen LogP contribution in [0.1, 0.15) is 50.3 Å². The molecule has 1 aromatic heterocycles. The molecule has 2 fully saturated rings. The first-order chi connectivity index (χ1) is 19.7. The average molecular weight is 621 g/mol. The van der Waals surface area contributed by atoms with Gasteiger partial charge in [-0.15, -0.1) is 0 Å². The number of rotatable bonds is 5. The van der Waals surface area contributed by atoms with Crippen LogP contribution in [0.25, 0.3) is 17.0 Å². The summed E-state index contributed by atoms with van der Waals surface area (Å²) in [5.41, 5.74) is -0.215. The number of imide groups is 1. The highest BCUT2D eigenvalue weighted by atomic mass is 35.5. The Bertz CT molecular complexity index is 1600.